The first-order valence-electron chi connectivity index (χ1n) is 7.15. The standard InChI is InChI=1S/C12H20ClN5O3S/c1-3-17(4-2)22(20,21)18-7-5-16(6-8-18)10-9-14-15-12(19)11(10)13/h9H,3-8H2,1-2H3,(H,15,19). The van der Waals surface area contributed by atoms with Crippen LogP contribution in [0, 0.1) is 0 Å². The van der Waals surface area contributed by atoms with Crippen LogP contribution < -0.4 is 10.5 Å². The first kappa shape index (κ1) is 17.2. The van der Waals surface area contributed by atoms with Crippen molar-refractivity contribution in [2.45, 2.75) is 13.8 Å². The molecule has 0 spiro atoms. The Labute approximate surface area is 134 Å². The maximum Gasteiger partial charge on any atom is 0.285 e. The van der Waals surface area contributed by atoms with Crippen LogP contribution in [0.25, 0.3) is 0 Å². The number of H-pyrrole nitrogens is 1. The summed E-state index contributed by atoms with van der Waals surface area (Å²) in [6.45, 7) is 6.16. The fraction of sp³-hybridized carbons (Fsp3) is 0.667. The molecule has 0 unspecified atom stereocenters. The Balaban J connectivity index is 2.10. The van der Waals surface area contributed by atoms with Crippen molar-refractivity contribution in [3.8, 4) is 0 Å². The molecule has 1 fully saturated rings. The predicted molar refractivity (Wildman–Crippen MR) is 85.5 cm³/mol. The van der Waals surface area contributed by atoms with Crippen LogP contribution in [0.1, 0.15) is 13.8 Å². The van der Waals surface area contributed by atoms with Crippen LogP contribution in [0.4, 0.5) is 5.69 Å². The van der Waals surface area contributed by atoms with Crippen LogP contribution in [0.3, 0.4) is 0 Å². The van der Waals surface area contributed by atoms with Crippen LogP contribution in [0.2, 0.25) is 5.02 Å². The summed E-state index contributed by atoms with van der Waals surface area (Å²) >= 11 is 5.98. The van der Waals surface area contributed by atoms with Crippen LogP contribution in [-0.2, 0) is 10.2 Å². The third kappa shape index (κ3) is 3.27. The number of hydrogen-bond donors (Lipinski definition) is 1. The van der Waals surface area contributed by atoms with Gasteiger partial charge in [0.1, 0.15) is 5.02 Å². The minimum atomic E-state index is -3.42. The van der Waals surface area contributed by atoms with Gasteiger partial charge >= 0.3 is 0 Å². The molecule has 0 atom stereocenters. The number of aromatic amines is 1. The van der Waals surface area contributed by atoms with Gasteiger partial charge in [0.15, 0.2) is 0 Å². The molecule has 1 saturated heterocycles. The number of halogens is 1. The number of aromatic nitrogens is 2. The van der Waals surface area contributed by atoms with E-state index in [9.17, 15) is 13.2 Å². The van der Waals surface area contributed by atoms with Gasteiger partial charge in [-0.15, -0.1) is 0 Å². The van der Waals surface area contributed by atoms with E-state index in [1.54, 1.807) is 0 Å². The van der Waals surface area contributed by atoms with Crippen molar-refractivity contribution >= 4 is 27.5 Å². The zero-order chi connectivity index (χ0) is 16.3. The molecule has 1 N–H and O–H groups in total. The number of hydrogen-bond acceptors (Lipinski definition) is 5. The molecule has 0 saturated carbocycles. The van der Waals surface area contributed by atoms with E-state index >= 15 is 0 Å². The lowest BCUT2D eigenvalue weighted by atomic mass is 10.3. The molecule has 2 rings (SSSR count). The Morgan fingerprint density at radius 1 is 1.27 bits per heavy atom. The van der Waals surface area contributed by atoms with Gasteiger partial charge in [0.25, 0.3) is 15.8 Å². The average molecular weight is 350 g/mol. The van der Waals surface area contributed by atoms with Gasteiger partial charge < -0.3 is 4.90 Å². The van der Waals surface area contributed by atoms with E-state index < -0.39 is 15.8 Å². The van der Waals surface area contributed by atoms with E-state index in [0.29, 0.717) is 45.0 Å². The van der Waals surface area contributed by atoms with E-state index in [-0.39, 0.29) is 5.02 Å². The summed E-state index contributed by atoms with van der Waals surface area (Å²) in [5.41, 5.74) is 0.0858. The smallest absolute Gasteiger partial charge is 0.285 e. The lowest BCUT2D eigenvalue weighted by molar-refractivity contribution is 0.334. The van der Waals surface area contributed by atoms with Crippen LogP contribution >= 0.6 is 11.6 Å². The van der Waals surface area contributed by atoms with Crippen molar-refractivity contribution in [2.24, 2.45) is 0 Å². The number of rotatable bonds is 5. The molecule has 1 aromatic rings. The molecular weight excluding hydrogens is 330 g/mol. The molecular formula is C12H20ClN5O3S. The van der Waals surface area contributed by atoms with Crippen molar-refractivity contribution in [1.82, 2.24) is 18.8 Å². The Hall–Kier alpha value is -1.16. The second kappa shape index (κ2) is 6.95. The third-order valence-electron chi connectivity index (χ3n) is 3.71. The molecule has 1 aliphatic heterocycles. The Bertz CT molecular complexity index is 666. The van der Waals surface area contributed by atoms with E-state index in [1.165, 1.54) is 14.8 Å². The summed E-state index contributed by atoms with van der Waals surface area (Å²) in [5.74, 6) is 0. The highest BCUT2D eigenvalue weighted by atomic mass is 35.5. The highest BCUT2D eigenvalue weighted by Crippen LogP contribution is 2.22. The fourth-order valence-electron chi connectivity index (χ4n) is 2.47. The number of piperazine rings is 1. The first-order valence-corrected chi connectivity index (χ1v) is 8.92. The molecule has 2 heterocycles. The zero-order valence-electron chi connectivity index (χ0n) is 12.6. The molecule has 0 aromatic carbocycles. The van der Waals surface area contributed by atoms with Crippen molar-refractivity contribution in [3.05, 3.63) is 21.6 Å². The quantitative estimate of drug-likeness (QED) is 0.816. The molecule has 0 aliphatic carbocycles. The molecule has 124 valence electrons. The summed E-state index contributed by atoms with van der Waals surface area (Å²) in [6.07, 6.45) is 1.48. The highest BCUT2D eigenvalue weighted by Gasteiger charge is 2.31. The molecule has 0 amide bonds. The predicted octanol–water partition coefficient (Wildman–Crippen LogP) is 0.132. The summed E-state index contributed by atoms with van der Waals surface area (Å²) in [7, 11) is -3.42. The lowest BCUT2D eigenvalue weighted by Gasteiger charge is -2.37. The number of anilines is 1. The summed E-state index contributed by atoms with van der Waals surface area (Å²) < 4.78 is 27.8. The SMILES string of the molecule is CCN(CC)S(=O)(=O)N1CCN(c2cn[nH]c(=O)c2Cl)CC1. The number of nitrogens with zero attached hydrogens (tertiary/aromatic N) is 4. The average Bonchev–Trinajstić information content (AvgIpc) is 2.51. The van der Waals surface area contributed by atoms with Gasteiger partial charge in [-0.1, -0.05) is 25.4 Å². The van der Waals surface area contributed by atoms with E-state index in [2.05, 4.69) is 10.2 Å². The van der Waals surface area contributed by atoms with Crippen molar-refractivity contribution in [2.75, 3.05) is 44.2 Å². The fourth-order valence-corrected chi connectivity index (χ4v) is 4.28. The lowest BCUT2D eigenvalue weighted by Crippen LogP contribution is -2.53. The summed E-state index contributed by atoms with van der Waals surface area (Å²) in [5, 5.41) is 6.08. The zero-order valence-corrected chi connectivity index (χ0v) is 14.2. The Morgan fingerprint density at radius 3 is 2.41 bits per heavy atom. The van der Waals surface area contributed by atoms with Gasteiger partial charge in [0, 0.05) is 39.3 Å². The van der Waals surface area contributed by atoms with Crippen LogP contribution in [-0.4, -0.2) is 66.5 Å². The van der Waals surface area contributed by atoms with Gasteiger partial charge in [0.2, 0.25) is 0 Å². The van der Waals surface area contributed by atoms with E-state index in [1.807, 2.05) is 18.7 Å². The minimum absolute atomic E-state index is 0.0788. The summed E-state index contributed by atoms with van der Waals surface area (Å²) in [4.78, 5) is 13.4. The normalized spacial score (nSPS) is 17.2. The molecule has 1 aromatic heterocycles. The molecule has 10 heteroatoms. The van der Waals surface area contributed by atoms with E-state index in [0.717, 1.165) is 0 Å². The topological polar surface area (TPSA) is 89.6 Å². The van der Waals surface area contributed by atoms with Gasteiger partial charge in [0.05, 0.1) is 11.9 Å². The first-order chi connectivity index (χ1) is 10.4. The molecule has 1 aliphatic rings. The third-order valence-corrected chi connectivity index (χ3v) is 6.27. The highest BCUT2D eigenvalue weighted by molar-refractivity contribution is 7.86. The Morgan fingerprint density at radius 2 is 1.86 bits per heavy atom. The molecule has 22 heavy (non-hydrogen) atoms. The van der Waals surface area contributed by atoms with Gasteiger partial charge in [-0.05, 0) is 0 Å². The van der Waals surface area contributed by atoms with Gasteiger partial charge in [-0.25, -0.2) is 5.10 Å². The maximum absolute atomic E-state index is 12.5. The summed E-state index contributed by atoms with van der Waals surface area (Å²) in [6, 6.07) is 0. The second-order valence-electron chi connectivity index (χ2n) is 4.88. The molecule has 0 bridgehead atoms. The van der Waals surface area contributed by atoms with Gasteiger partial charge in [-0.2, -0.15) is 22.1 Å². The maximum atomic E-state index is 12.5. The largest absolute Gasteiger partial charge is 0.366 e. The minimum Gasteiger partial charge on any atom is -0.366 e. The van der Waals surface area contributed by atoms with Crippen molar-refractivity contribution in [3.63, 3.8) is 0 Å². The monoisotopic (exact) mass is 349 g/mol. The van der Waals surface area contributed by atoms with Crippen molar-refractivity contribution in [1.29, 1.82) is 0 Å². The van der Waals surface area contributed by atoms with E-state index in [4.69, 9.17) is 11.6 Å². The molecule has 8 nitrogen and oxygen atoms in total. The molecule has 0 radical (unpaired) electrons. The second-order valence-corrected chi connectivity index (χ2v) is 7.18. The number of nitrogens with one attached hydrogen (secondary N) is 1. The van der Waals surface area contributed by atoms with Crippen LogP contribution in [0.15, 0.2) is 11.0 Å². The van der Waals surface area contributed by atoms with Crippen molar-refractivity contribution < 1.29 is 8.42 Å². The van der Waals surface area contributed by atoms with Crippen LogP contribution in [0.5, 0.6) is 0 Å². The Kier molecular flexibility index (Phi) is 5.43. The van der Waals surface area contributed by atoms with Gasteiger partial charge in [-0.3, -0.25) is 4.79 Å².